The topological polar surface area (TPSA) is 69.9 Å². The third kappa shape index (κ3) is 4.31. The number of benzene rings is 1. The van der Waals surface area contributed by atoms with Gasteiger partial charge >= 0.3 is 0 Å². The molecule has 3 heterocycles. The maximum Gasteiger partial charge on any atom is 0.255 e. The van der Waals surface area contributed by atoms with Gasteiger partial charge in [-0.25, -0.2) is 13.3 Å². The number of nitrogens with zero attached hydrogens (tertiary/aromatic N) is 3. The van der Waals surface area contributed by atoms with Gasteiger partial charge < -0.3 is 15.3 Å². The van der Waals surface area contributed by atoms with Crippen molar-refractivity contribution in [2.45, 2.75) is 50.6 Å². The van der Waals surface area contributed by atoms with Gasteiger partial charge in [0.15, 0.2) is 0 Å². The molecule has 0 radical (unpaired) electrons. The number of amides is 1. The molecule has 2 N–H and O–H groups in total. The lowest BCUT2D eigenvalue weighted by Crippen LogP contribution is -2.38. The molecule has 33 heavy (non-hydrogen) atoms. The van der Waals surface area contributed by atoms with Crippen molar-refractivity contribution in [3.63, 3.8) is 0 Å². The van der Waals surface area contributed by atoms with Crippen molar-refractivity contribution in [2.75, 3.05) is 18.1 Å². The zero-order chi connectivity index (χ0) is 22.9. The second-order valence-corrected chi connectivity index (χ2v) is 9.16. The normalized spacial score (nSPS) is 23.2. The number of hydrogen-bond acceptors (Lipinski definition) is 4. The third-order valence-corrected chi connectivity index (χ3v) is 7.09. The Balaban J connectivity index is 1.39. The van der Waals surface area contributed by atoms with Crippen LogP contribution in [0.25, 0.3) is 5.52 Å². The number of nitrogens with one attached hydrogen (secondary N) is 1. The fraction of sp³-hybridized carbons (Fsp3) is 0.440. The monoisotopic (exact) mass is 454 g/mol. The second kappa shape index (κ2) is 9.09. The van der Waals surface area contributed by atoms with Gasteiger partial charge in [0.25, 0.3) is 5.91 Å². The zero-order valence-electron chi connectivity index (χ0n) is 18.4. The summed E-state index contributed by atoms with van der Waals surface area (Å²) in [6.07, 6.45) is 8.50. The van der Waals surface area contributed by atoms with Gasteiger partial charge in [-0.1, -0.05) is 0 Å². The van der Waals surface area contributed by atoms with Gasteiger partial charge in [0.1, 0.15) is 11.6 Å². The highest BCUT2D eigenvalue weighted by Crippen LogP contribution is 2.38. The Kier molecular flexibility index (Phi) is 6.01. The van der Waals surface area contributed by atoms with E-state index >= 15 is 0 Å². The van der Waals surface area contributed by atoms with E-state index in [4.69, 9.17) is 0 Å². The Bertz CT molecular complexity index is 1160. The predicted molar refractivity (Wildman–Crippen MR) is 121 cm³/mol. The average Bonchev–Trinajstić information content (AvgIpc) is 3.48. The first-order valence-electron chi connectivity index (χ1n) is 11.6. The number of aliphatic hydroxyl groups is 1. The first-order valence-corrected chi connectivity index (χ1v) is 11.6. The van der Waals surface area contributed by atoms with Crippen LogP contribution in [0.4, 0.5) is 14.5 Å². The number of halogens is 2. The molecule has 174 valence electrons. The summed E-state index contributed by atoms with van der Waals surface area (Å²) in [5.74, 6) is -0.691. The minimum atomic E-state index is -0.448. The van der Waals surface area contributed by atoms with Crippen LogP contribution in [0.15, 0.2) is 42.7 Å². The van der Waals surface area contributed by atoms with E-state index in [9.17, 15) is 18.7 Å². The molecule has 6 nitrogen and oxygen atoms in total. The summed E-state index contributed by atoms with van der Waals surface area (Å²) in [6.45, 7) is 0.926. The fourth-order valence-corrected chi connectivity index (χ4v) is 5.24. The van der Waals surface area contributed by atoms with Crippen molar-refractivity contribution in [2.24, 2.45) is 5.92 Å². The quantitative estimate of drug-likeness (QED) is 0.605. The Morgan fingerprint density at radius 1 is 1.12 bits per heavy atom. The van der Waals surface area contributed by atoms with Gasteiger partial charge in [0.05, 0.1) is 23.3 Å². The molecule has 2 fully saturated rings. The van der Waals surface area contributed by atoms with Crippen LogP contribution in [0.1, 0.15) is 60.5 Å². The van der Waals surface area contributed by atoms with Crippen LogP contribution >= 0.6 is 0 Å². The molecule has 1 saturated carbocycles. The zero-order valence-corrected chi connectivity index (χ0v) is 18.4. The maximum atomic E-state index is 14.5. The van der Waals surface area contributed by atoms with Crippen LogP contribution in [-0.2, 0) is 0 Å². The molecule has 0 spiro atoms. The molecule has 2 aromatic heterocycles. The number of carbonyl (C=O) groups excluding carboxylic acids is 1. The van der Waals surface area contributed by atoms with Gasteiger partial charge in [-0.05, 0) is 74.8 Å². The van der Waals surface area contributed by atoms with E-state index in [-0.39, 0.29) is 24.6 Å². The average molecular weight is 455 g/mol. The smallest absolute Gasteiger partial charge is 0.255 e. The van der Waals surface area contributed by atoms with Crippen LogP contribution in [0.5, 0.6) is 0 Å². The number of carbonyl (C=O) groups is 1. The van der Waals surface area contributed by atoms with Gasteiger partial charge in [-0.15, -0.1) is 0 Å². The minimum Gasteiger partial charge on any atom is -0.396 e. The number of aliphatic hydroxyl groups excluding tert-OH is 1. The molecule has 8 heteroatoms. The third-order valence-electron chi connectivity index (χ3n) is 7.09. The Hall–Kier alpha value is -3.00. The van der Waals surface area contributed by atoms with Crippen molar-refractivity contribution >= 4 is 17.1 Å². The Labute approximate surface area is 191 Å². The lowest BCUT2D eigenvalue weighted by atomic mass is 9.86. The first-order chi connectivity index (χ1) is 16.0. The van der Waals surface area contributed by atoms with E-state index in [0.29, 0.717) is 22.6 Å². The molecule has 2 aliphatic rings. The van der Waals surface area contributed by atoms with Crippen LogP contribution < -0.4 is 10.2 Å². The van der Waals surface area contributed by atoms with Crippen molar-refractivity contribution in [1.82, 2.24) is 14.9 Å². The lowest BCUT2D eigenvalue weighted by molar-refractivity contribution is 0.0915. The highest BCUT2D eigenvalue weighted by atomic mass is 19.1. The van der Waals surface area contributed by atoms with Crippen LogP contribution in [-0.4, -0.2) is 39.8 Å². The molecule has 1 aliphatic carbocycles. The number of anilines is 1. The summed E-state index contributed by atoms with van der Waals surface area (Å²) in [4.78, 5) is 15.1. The van der Waals surface area contributed by atoms with E-state index in [1.165, 1.54) is 12.1 Å². The summed E-state index contributed by atoms with van der Waals surface area (Å²) in [6, 6.07) is 7.23. The molecule has 1 saturated heterocycles. The van der Waals surface area contributed by atoms with E-state index in [2.05, 4.69) is 15.3 Å². The van der Waals surface area contributed by atoms with Crippen LogP contribution in [0.2, 0.25) is 0 Å². The molecule has 3 aromatic rings. The highest BCUT2D eigenvalue weighted by molar-refractivity contribution is 6.01. The summed E-state index contributed by atoms with van der Waals surface area (Å²) in [7, 11) is 0. The van der Waals surface area contributed by atoms with Crippen molar-refractivity contribution in [1.29, 1.82) is 0 Å². The molecule has 1 amide bonds. The molecule has 1 aromatic carbocycles. The molecule has 1 unspecified atom stereocenters. The predicted octanol–water partition coefficient (Wildman–Crippen LogP) is 4.23. The van der Waals surface area contributed by atoms with E-state index in [1.54, 1.807) is 16.9 Å². The van der Waals surface area contributed by atoms with Crippen molar-refractivity contribution in [3.05, 3.63) is 65.5 Å². The van der Waals surface area contributed by atoms with Gasteiger partial charge in [-0.3, -0.25) is 4.79 Å². The number of rotatable bonds is 5. The van der Waals surface area contributed by atoms with Crippen LogP contribution in [0.3, 0.4) is 0 Å². The highest BCUT2D eigenvalue weighted by Gasteiger charge is 2.30. The molecule has 1 aliphatic heterocycles. The van der Waals surface area contributed by atoms with Crippen LogP contribution in [0, 0.1) is 17.6 Å². The minimum absolute atomic E-state index is 0.0948. The van der Waals surface area contributed by atoms with Crippen molar-refractivity contribution < 1.29 is 18.7 Å². The number of hydrogen-bond donors (Lipinski definition) is 2. The first kappa shape index (κ1) is 21.8. The Morgan fingerprint density at radius 3 is 2.73 bits per heavy atom. The standard InChI is InChI=1S/C25H28F2N4O2/c26-17-5-8-22(27)20(12-17)23-2-1-10-30(23)19-9-11-31-24(13-19)21(14-28-31)25(33)29-18-6-3-16(15-32)4-7-18/h5,8-9,11-14,16,18,23,32H,1-4,6-7,10,15H2,(H,29,33). The SMILES string of the molecule is O=C(NC1CCC(CO)CC1)c1cnn2ccc(N3CCCC3c3cc(F)ccc3F)cc12. The van der Waals surface area contributed by atoms with E-state index in [0.717, 1.165) is 56.8 Å². The molecule has 1 atom stereocenters. The number of fused-ring (bicyclic) bond motifs is 1. The maximum absolute atomic E-state index is 14.5. The molecular weight excluding hydrogens is 426 g/mol. The lowest BCUT2D eigenvalue weighted by Gasteiger charge is -2.28. The largest absolute Gasteiger partial charge is 0.396 e. The summed E-state index contributed by atoms with van der Waals surface area (Å²) in [5.41, 5.74) is 2.39. The Morgan fingerprint density at radius 2 is 1.94 bits per heavy atom. The molecule has 5 rings (SSSR count). The van der Waals surface area contributed by atoms with Crippen molar-refractivity contribution in [3.8, 4) is 0 Å². The van der Waals surface area contributed by atoms with E-state index < -0.39 is 11.6 Å². The van der Waals surface area contributed by atoms with Gasteiger partial charge in [-0.2, -0.15) is 5.10 Å². The van der Waals surface area contributed by atoms with Gasteiger partial charge in [0.2, 0.25) is 0 Å². The summed E-state index contributed by atoms with van der Waals surface area (Å²) < 4.78 is 30.0. The summed E-state index contributed by atoms with van der Waals surface area (Å²) in [5, 5.41) is 16.8. The fourth-order valence-electron chi connectivity index (χ4n) is 5.24. The van der Waals surface area contributed by atoms with Gasteiger partial charge in [0, 0.05) is 36.6 Å². The van der Waals surface area contributed by atoms with E-state index in [1.807, 2.05) is 12.1 Å². The number of aromatic nitrogens is 2. The molecular formula is C25H28F2N4O2. The second-order valence-electron chi connectivity index (χ2n) is 9.16. The number of pyridine rings is 1. The summed E-state index contributed by atoms with van der Waals surface area (Å²) >= 11 is 0. The molecule has 0 bridgehead atoms.